The van der Waals surface area contributed by atoms with Crippen LogP contribution in [-0.2, 0) is 40.1 Å². The van der Waals surface area contributed by atoms with Crippen molar-refractivity contribution in [2.45, 2.75) is 70.6 Å². The van der Waals surface area contributed by atoms with E-state index in [0.29, 0.717) is 58.5 Å². The number of para-hydroxylation sites is 1. The molecule has 5 aromatic rings. The van der Waals surface area contributed by atoms with Gasteiger partial charge in [-0.25, -0.2) is 4.98 Å². The molecule has 2 saturated heterocycles. The number of methoxy groups -OCH3 is 1. The molecule has 2 fully saturated rings. The van der Waals surface area contributed by atoms with E-state index in [1.165, 1.54) is 22.4 Å². The lowest BCUT2D eigenvalue weighted by atomic mass is 9.94. The van der Waals surface area contributed by atoms with Crippen molar-refractivity contribution in [3.8, 4) is 17.2 Å². The fourth-order valence-corrected chi connectivity index (χ4v) is 10.7. The molecule has 14 nitrogen and oxygen atoms in total. The standard InChI is InChI=1S/C48H52ClN8O6P/c1-5-29-24-39(52-48-50-26-37(49)45(54-48)51-38-8-6-7-9-43(38)64(3,4)61)42(62-2)25-41(29)55-20-17-33(18-21-55)56-19-16-30-22-34(11-10-31(30)27-56)63-35-12-13-36-32(23-35)28-57(47(36)60)40-14-15-44(58)53-46(40)59/h6-13,22-26,33,40H,5,14-21,27-28H2,1-4H3,(H,53,58,59)(H2,50,51,52,54). The van der Waals surface area contributed by atoms with Gasteiger partial charge in [0.15, 0.2) is 5.82 Å². The maximum Gasteiger partial charge on any atom is 0.255 e. The molecule has 0 bridgehead atoms. The van der Waals surface area contributed by atoms with Crippen molar-refractivity contribution in [1.82, 2.24) is 25.1 Å². The van der Waals surface area contributed by atoms with Crippen LogP contribution in [0.1, 0.15) is 65.2 Å². The molecule has 0 spiro atoms. The smallest absolute Gasteiger partial charge is 0.255 e. The molecule has 1 unspecified atom stereocenters. The van der Waals surface area contributed by atoms with Crippen LogP contribution in [0.15, 0.2) is 79.0 Å². The highest BCUT2D eigenvalue weighted by molar-refractivity contribution is 7.70. The number of rotatable bonds is 12. The number of amides is 3. The van der Waals surface area contributed by atoms with Crippen LogP contribution in [0.4, 0.5) is 28.8 Å². The molecule has 0 saturated carbocycles. The number of aryl methyl sites for hydroxylation is 1. The van der Waals surface area contributed by atoms with Gasteiger partial charge in [0, 0.05) is 67.8 Å². The highest BCUT2D eigenvalue weighted by atomic mass is 35.5. The molecule has 64 heavy (non-hydrogen) atoms. The number of benzene rings is 4. The molecule has 9 rings (SSSR count). The fourth-order valence-electron chi connectivity index (χ4n) is 9.42. The van der Waals surface area contributed by atoms with Crippen LogP contribution >= 0.6 is 18.7 Å². The number of hydrogen-bond donors (Lipinski definition) is 3. The van der Waals surface area contributed by atoms with Crippen molar-refractivity contribution >= 4 is 70.6 Å². The summed E-state index contributed by atoms with van der Waals surface area (Å²) in [6.07, 6.45) is 5.95. The molecule has 5 heterocycles. The number of nitrogens with one attached hydrogen (secondary N) is 3. The number of hydrogen-bond acceptors (Lipinski definition) is 12. The molecule has 3 N–H and O–H groups in total. The van der Waals surface area contributed by atoms with Gasteiger partial charge in [-0.3, -0.25) is 24.6 Å². The molecule has 4 aromatic carbocycles. The number of fused-ring (bicyclic) bond motifs is 2. The molecular weight excluding hydrogens is 851 g/mol. The van der Waals surface area contributed by atoms with Crippen molar-refractivity contribution in [3.63, 3.8) is 0 Å². The first kappa shape index (κ1) is 43.3. The Balaban J connectivity index is 0.816. The maximum absolute atomic E-state index is 13.2. The third-order valence-electron chi connectivity index (χ3n) is 12.8. The predicted molar refractivity (Wildman–Crippen MR) is 250 cm³/mol. The van der Waals surface area contributed by atoms with Crippen molar-refractivity contribution in [3.05, 3.63) is 112 Å². The average molecular weight is 903 g/mol. The summed E-state index contributed by atoms with van der Waals surface area (Å²) in [5.74, 6) is 1.91. The molecule has 16 heteroatoms. The van der Waals surface area contributed by atoms with Crippen molar-refractivity contribution in [2.75, 3.05) is 55.6 Å². The second kappa shape index (κ2) is 17.9. The minimum atomic E-state index is -2.56. The number of carbonyl (C=O) groups excluding carboxylic acids is 3. The molecule has 1 atom stereocenters. The van der Waals surface area contributed by atoms with E-state index in [2.05, 4.69) is 66.9 Å². The van der Waals surface area contributed by atoms with Crippen molar-refractivity contribution < 1.29 is 28.4 Å². The second-order valence-corrected chi connectivity index (χ2v) is 20.8. The molecule has 0 aliphatic carbocycles. The van der Waals surface area contributed by atoms with Gasteiger partial charge >= 0.3 is 0 Å². The summed E-state index contributed by atoms with van der Waals surface area (Å²) in [4.78, 5) is 53.1. The second-order valence-electron chi connectivity index (χ2n) is 17.2. The molecule has 4 aliphatic rings. The summed E-state index contributed by atoms with van der Waals surface area (Å²) >= 11 is 6.54. The summed E-state index contributed by atoms with van der Waals surface area (Å²) in [6, 6.07) is 23.3. The molecular formula is C48H52ClN8O6P. The number of nitrogens with zero attached hydrogens (tertiary/aromatic N) is 5. The number of halogens is 1. The Bertz CT molecular complexity index is 2700. The van der Waals surface area contributed by atoms with Gasteiger partial charge in [-0.2, -0.15) is 4.98 Å². The average Bonchev–Trinajstić information content (AvgIpc) is 3.61. The highest BCUT2D eigenvalue weighted by Gasteiger charge is 2.39. The van der Waals surface area contributed by atoms with Crippen LogP contribution in [0.25, 0.3) is 0 Å². The van der Waals surface area contributed by atoms with Crippen molar-refractivity contribution in [2.24, 2.45) is 0 Å². The first-order chi connectivity index (χ1) is 30.8. The Hall–Kier alpha value is -5.95. The zero-order valence-electron chi connectivity index (χ0n) is 36.4. The number of piperidine rings is 2. The molecule has 332 valence electrons. The van der Waals surface area contributed by atoms with Gasteiger partial charge in [-0.1, -0.05) is 36.7 Å². The zero-order valence-corrected chi connectivity index (χ0v) is 38.1. The highest BCUT2D eigenvalue weighted by Crippen LogP contribution is 2.41. The van der Waals surface area contributed by atoms with Gasteiger partial charge in [0.25, 0.3) is 5.91 Å². The third-order valence-corrected chi connectivity index (χ3v) is 14.6. The SMILES string of the molecule is CCc1cc(Nc2ncc(Cl)c(Nc3ccccc3P(C)(C)=O)n2)c(OC)cc1N1CCC(N2CCc3cc(Oc4ccc5c(c4)CN(C4CCC(=O)NC4=O)C5=O)ccc3C2)CC1. The van der Waals surface area contributed by atoms with Crippen LogP contribution < -0.4 is 35.6 Å². The quantitative estimate of drug-likeness (QED) is 0.0820. The van der Waals surface area contributed by atoms with Gasteiger partial charge in [0.05, 0.1) is 24.7 Å². The summed E-state index contributed by atoms with van der Waals surface area (Å²) in [6.45, 7) is 9.66. The Morgan fingerprint density at radius 1 is 0.859 bits per heavy atom. The third kappa shape index (κ3) is 8.91. The predicted octanol–water partition coefficient (Wildman–Crippen LogP) is 8.02. The van der Waals surface area contributed by atoms with Gasteiger partial charge in [0.2, 0.25) is 17.8 Å². The molecule has 0 radical (unpaired) electrons. The summed E-state index contributed by atoms with van der Waals surface area (Å²) < 4.78 is 25.2. The van der Waals surface area contributed by atoms with E-state index in [9.17, 15) is 18.9 Å². The lowest BCUT2D eigenvalue weighted by Crippen LogP contribution is -2.52. The first-order valence-corrected chi connectivity index (χ1v) is 24.8. The van der Waals surface area contributed by atoms with E-state index < -0.39 is 19.1 Å². The molecule has 3 amide bonds. The maximum atomic E-state index is 13.2. The Morgan fingerprint density at radius 3 is 2.38 bits per heavy atom. The van der Waals surface area contributed by atoms with Crippen LogP contribution in [0.5, 0.6) is 17.2 Å². The van der Waals surface area contributed by atoms with Crippen LogP contribution in [0, 0.1) is 0 Å². The number of carbonyl (C=O) groups is 3. The minimum absolute atomic E-state index is 0.199. The van der Waals surface area contributed by atoms with Crippen molar-refractivity contribution in [1.29, 1.82) is 0 Å². The van der Waals surface area contributed by atoms with Crippen LogP contribution in [0.3, 0.4) is 0 Å². The first-order valence-electron chi connectivity index (χ1n) is 21.8. The number of imide groups is 1. The number of aromatic nitrogens is 2. The van der Waals surface area contributed by atoms with E-state index in [-0.39, 0.29) is 18.2 Å². The Labute approximate surface area is 378 Å². The normalized spacial score (nSPS) is 18.1. The summed E-state index contributed by atoms with van der Waals surface area (Å²) in [5.41, 5.74) is 7.76. The van der Waals surface area contributed by atoms with E-state index >= 15 is 0 Å². The molecule has 1 aromatic heterocycles. The Morgan fingerprint density at radius 2 is 1.62 bits per heavy atom. The monoisotopic (exact) mass is 902 g/mol. The minimum Gasteiger partial charge on any atom is -0.494 e. The summed E-state index contributed by atoms with van der Waals surface area (Å²) in [5, 5.41) is 10.0. The van der Waals surface area contributed by atoms with Gasteiger partial charge < -0.3 is 34.5 Å². The lowest BCUT2D eigenvalue weighted by molar-refractivity contribution is -0.136. The topological polar surface area (TPSA) is 158 Å². The van der Waals surface area contributed by atoms with E-state index in [4.69, 9.17) is 21.1 Å². The summed E-state index contributed by atoms with van der Waals surface area (Å²) in [7, 11) is -0.895. The van der Waals surface area contributed by atoms with Gasteiger partial charge in [-0.15, -0.1) is 0 Å². The van der Waals surface area contributed by atoms with Crippen LogP contribution in [-0.4, -0.2) is 89.6 Å². The van der Waals surface area contributed by atoms with Crippen LogP contribution in [0.2, 0.25) is 5.02 Å². The van der Waals surface area contributed by atoms with Gasteiger partial charge in [-0.05, 0) is 116 Å². The van der Waals surface area contributed by atoms with E-state index in [1.807, 2.05) is 36.4 Å². The number of anilines is 5. The lowest BCUT2D eigenvalue weighted by Gasteiger charge is -2.42. The zero-order chi connectivity index (χ0) is 44.7. The molecule has 4 aliphatic heterocycles. The Kier molecular flexibility index (Phi) is 12.1. The number of ether oxygens (including phenoxy) is 2. The van der Waals surface area contributed by atoms with E-state index in [0.717, 1.165) is 74.2 Å². The largest absolute Gasteiger partial charge is 0.494 e. The fraction of sp³-hybridized carbons (Fsp3) is 0.354. The van der Waals surface area contributed by atoms with Gasteiger partial charge in [0.1, 0.15) is 35.5 Å². The van der Waals surface area contributed by atoms with E-state index in [1.54, 1.807) is 43.7 Å².